The number of carbonyl (C=O) groups excluding carboxylic acids is 1. The first-order chi connectivity index (χ1) is 6.37. The van der Waals surface area contributed by atoms with E-state index in [-0.39, 0.29) is 5.92 Å². The van der Waals surface area contributed by atoms with E-state index in [0.717, 1.165) is 25.7 Å². The maximum Gasteiger partial charge on any atom is 0.135 e. The second kappa shape index (κ2) is 6.18. The van der Waals surface area contributed by atoms with Crippen LogP contribution >= 0.6 is 0 Å². The molecule has 2 heteroatoms. The van der Waals surface area contributed by atoms with Gasteiger partial charge in [0.15, 0.2) is 0 Å². The Labute approximate surface area is 87.7 Å². The van der Waals surface area contributed by atoms with Crippen molar-refractivity contribution in [1.29, 1.82) is 0 Å². The number of hydrogen-bond donors (Lipinski definition) is 1. The zero-order valence-corrected chi connectivity index (χ0v) is 9.97. The fourth-order valence-electron chi connectivity index (χ4n) is 1.49. The van der Waals surface area contributed by atoms with Crippen LogP contribution in [0.4, 0.5) is 0 Å². The van der Waals surface area contributed by atoms with Gasteiger partial charge in [0, 0.05) is 12.3 Å². The van der Waals surface area contributed by atoms with Crippen molar-refractivity contribution in [3.63, 3.8) is 0 Å². The third-order valence-electron chi connectivity index (χ3n) is 2.47. The van der Waals surface area contributed by atoms with Crippen LogP contribution in [0.15, 0.2) is 0 Å². The Morgan fingerprint density at radius 2 is 2.00 bits per heavy atom. The molecule has 2 nitrogen and oxygen atoms in total. The first kappa shape index (κ1) is 13.6. The monoisotopic (exact) mass is 200 g/mol. The van der Waals surface area contributed by atoms with Gasteiger partial charge < -0.3 is 5.11 Å². The number of rotatable bonds is 7. The van der Waals surface area contributed by atoms with E-state index in [2.05, 4.69) is 0 Å². The lowest BCUT2D eigenvalue weighted by molar-refractivity contribution is -0.122. The second-order valence-electron chi connectivity index (χ2n) is 4.82. The lowest BCUT2D eigenvalue weighted by Gasteiger charge is -2.17. The van der Waals surface area contributed by atoms with Crippen LogP contribution in [0, 0.1) is 5.92 Å². The molecule has 0 bridgehead atoms. The Morgan fingerprint density at radius 3 is 2.43 bits per heavy atom. The highest BCUT2D eigenvalue weighted by Crippen LogP contribution is 2.17. The maximum atomic E-state index is 11.4. The highest BCUT2D eigenvalue weighted by atomic mass is 16.3. The van der Waals surface area contributed by atoms with E-state index in [9.17, 15) is 9.90 Å². The molecule has 0 saturated heterocycles. The molecule has 0 radical (unpaired) electrons. The topological polar surface area (TPSA) is 37.3 Å². The molecule has 0 aromatic rings. The number of aliphatic hydroxyl groups is 1. The van der Waals surface area contributed by atoms with Gasteiger partial charge in [-0.25, -0.2) is 0 Å². The quantitative estimate of drug-likeness (QED) is 0.686. The van der Waals surface area contributed by atoms with Crippen LogP contribution in [0.25, 0.3) is 0 Å². The summed E-state index contributed by atoms with van der Waals surface area (Å²) in [6, 6.07) is 0. The van der Waals surface area contributed by atoms with E-state index < -0.39 is 5.60 Å². The summed E-state index contributed by atoms with van der Waals surface area (Å²) in [5, 5.41) is 9.49. The molecule has 0 aromatic heterocycles. The predicted molar refractivity (Wildman–Crippen MR) is 59.2 cm³/mol. The molecule has 0 aliphatic heterocycles. The summed E-state index contributed by atoms with van der Waals surface area (Å²) in [6.07, 6.45) is 4.25. The van der Waals surface area contributed by atoms with Crippen LogP contribution in [0.2, 0.25) is 0 Å². The Kier molecular flexibility index (Phi) is 6.01. The molecule has 0 saturated carbocycles. The van der Waals surface area contributed by atoms with Crippen molar-refractivity contribution in [2.75, 3.05) is 0 Å². The van der Waals surface area contributed by atoms with Crippen LogP contribution in [0.5, 0.6) is 0 Å². The number of carbonyl (C=O) groups is 1. The second-order valence-corrected chi connectivity index (χ2v) is 4.82. The standard InChI is InChI=1S/C12H24O2/c1-5-7-11(13)10(2)8-6-9-12(3,4)14/h10,14H,5-9H2,1-4H3. The molecule has 0 amide bonds. The summed E-state index contributed by atoms with van der Waals surface area (Å²) in [4.78, 5) is 11.4. The molecule has 1 atom stereocenters. The van der Waals surface area contributed by atoms with Gasteiger partial charge in [-0.3, -0.25) is 4.79 Å². The molecule has 0 spiro atoms. The van der Waals surface area contributed by atoms with Gasteiger partial charge in [-0.1, -0.05) is 13.8 Å². The molecule has 0 aliphatic rings. The van der Waals surface area contributed by atoms with E-state index in [4.69, 9.17) is 0 Å². The van der Waals surface area contributed by atoms with Gasteiger partial charge in [0.2, 0.25) is 0 Å². The summed E-state index contributed by atoms with van der Waals surface area (Å²) in [5.41, 5.74) is -0.590. The van der Waals surface area contributed by atoms with E-state index in [0.29, 0.717) is 12.2 Å². The Hall–Kier alpha value is -0.370. The van der Waals surface area contributed by atoms with E-state index in [1.807, 2.05) is 27.7 Å². The lowest BCUT2D eigenvalue weighted by atomic mass is 9.93. The molecule has 0 aliphatic carbocycles. The largest absolute Gasteiger partial charge is 0.390 e. The van der Waals surface area contributed by atoms with E-state index >= 15 is 0 Å². The fraction of sp³-hybridized carbons (Fsp3) is 0.917. The average molecular weight is 200 g/mol. The molecule has 0 heterocycles. The summed E-state index contributed by atoms with van der Waals surface area (Å²) < 4.78 is 0. The Balaban J connectivity index is 3.63. The first-order valence-electron chi connectivity index (χ1n) is 5.62. The molecule has 0 fully saturated rings. The number of ketones is 1. The van der Waals surface area contributed by atoms with Gasteiger partial charge in [-0.2, -0.15) is 0 Å². The number of hydrogen-bond acceptors (Lipinski definition) is 2. The first-order valence-corrected chi connectivity index (χ1v) is 5.62. The van der Waals surface area contributed by atoms with Crippen LogP contribution in [-0.4, -0.2) is 16.5 Å². The Morgan fingerprint density at radius 1 is 1.43 bits per heavy atom. The third kappa shape index (κ3) is 7.07. The van der Waals surface area contributed by atoms with Crippen molar-refractivity contribution < 1.29 is 9.90 Å². The summed E-state index contributed by atoms with van der Waals surface area (Å²) >= 11 is 0. The van der Waals surface area contributed by atoms with Gasteiger partial charge in [0.25, 0.3) is 0 Å². The smallest absolute Gasteiger partial charge is 0.135 e. The average Bonchev–Trinajstić information content (AvgIpc) is 2.02. The van der Waals surface area contributed by atoms with Crippen LogP contribution < -0.4 is 0 Å². The van der Waals surface area contributed by atoms with Gasteiger partial charge in [-0.05, 0) is 39.5 Å². The van der Waals surface area contributed by atoms with Gasteiger partial charge in [0.1, 0.15) is 5.78 Å². The minimum absolute atomic E-state index is 0.164. The minimum atomic E-state index is -0.590. The lowest BCUT2D eigenvalue weighted by Crippen LogP contribution is -2.19. The van der Waals surface area contributed by atoms with Crippen LogP contribution in [0.1, 0.15) is 59.8 Å². The molecular weight excluding hydrogens is 176 g/mol. The van der Waals surface area contributed by atoms with Crippen molar-refractivity contribution in [2.24, 2.45) is 5.92 Å². The molecule has 0 rings (SSSR count). The van der Waals surface area contributed by atoms with Crippen molar-refractivity contribution in [3.8, 4) is 0 Å². The molecule has 0 aromatic carbocycles. The van der Waals surface area contributed by atoms with Crippen molar-refractivity contribution in [3.05, 3.63) is 0 Å². The molecular formula is C12H24O2. The van der Waals surface area contributed by atoms with Gasteiger partial charge >= 0.3 is 0 Å². The zero-order chi connectivity index (χ0) is 11.2. The third-order valence-corrected chi connectivity index (χ3v) is 2.47. The van der Waals surface area contributed by atoms with Crippen molar-refractivity contribution >= 4 is 5.78 Å². The molecule has 84 valence electrons. The van der Waals surface area contributed by atoms with Gasteiger partial charge in [0.05, 0.1) is 5.60 Å². The molecule has 1 unspecified atom stereocenters. The molecule has 1 N–H and O–H groups in total. The van der Waals surface area contributed by atoms with Crippen LogP contribution in [0.3, 0.4) is 0 Å². The fourth-order valence-corrected chi connectivity index (χ4v) is 1.49. The predicted octanol–water partition coefficient (Wildman–Crippen LogP) is 2.93. The normalized spacial score (nSPS) is 14.1. The van der Waals surface area contributed by atoms with Crippen LogP contribution in [-0.2, 0) is 4.79 Å². The highest BCUT2D eigenvalue weighted by Gasteiger charge is 2.15. The van der Waals surface area contributed by atoms with Crippen molar-refractivity contribution in [1.82, 2.24) is 0 Å². The summed E-state index contributed by atoms with van der Waals surface area (Å²) in [7, 11) is 0. The summed E-state index contributed by atoms with van der Waals surface area (Å²) in [6.45, 7) is 7.64. The maximum absolute atomic E-state index is 11.4. The SMILES string of the molecule is CCCC(=O)C(C)CCCC(C)(C)O. The summed E-state index contributed by atoms with van der Waals surface area (Å²) in [5.74, 6) is 0.528. The minimum Gasteiger partial charge on any atom is -0.390 e. The van der Waals surface area contributed by atoms with E-state index in [1.165, 1.54) is 0 Å². The Bertz CT molecular complexity index is 168. The van der Waals surface area contributed by atoms with E-state index in [1.54, 1.807) is 0 Å². The van der Waals surface area contributed by atoms with Crippen molar-refractivity contribution in [2.45, 2.75) is 65.4 Å². The number of Topliss-reactive ketones (excluding diaryl/α,β-unsaturated/α-hetero) is 1. The van der Waals surface area contributed by atoms with Gasteiger partial charge in [-0.15, -0.1) is 0 Å². The highest BCUT2D eigenvalue weighted by molar-refractivity contribution is 5.80. The molecule has 14 heavy (non-hydrogen) atoms. The zero-order valence-electron chi connectivity index (χ0n) is 9.97.